The molecule has 1 aromatic heterocycles. The molecule has 5 nitrogen and oxygen atoms in total. The average molecular weight is 332 g/mol. The van der Waals surface area contributed by atoms with Gasteiger partial charge in [0.15, 0.2) is 11.5 Å². The molecule has 2 aromatic rings. The van der Waals surface area contributed by atoms with E-state index in [9.17, 15) is 0 Å². The summed E-state index contributed by atoms with van der Waals surface area (Å²) in [7, 11) is 0. The van der Waals surface area contributed by atoms with Crippen molar-refractivity contribution < 1.29 is 14.2 Å². The number of nitrogens with zero attached hydrogens (tertiary/aromatic N) is 2. The van der Waals surface area contributed by atoms with E-state index in [1.54, 1.807) is 11.3 Å². The SMILES string of the molecule is Cc1csc([C@@H]2CN(Cc3cccc4c3OCCO4)CCO2)n1. The highest BCUT2D eigenvalue weighted by Gasteiger charge is 2.26. The van der Waals surface area contributed by atoms with Crippen LogP contribution in [0.5, 0.6) is 11.5 Å². The highest BCUT2D eigenvalue weighted by atomic mass is 32.1. The molecule has 2 aliphatic rings. The van der Waals surface area contributed by atoms with Crippen LogP contribution in [0.4, 0.5) is 0 Å². The van der Waals surface area contributed by atoms with Crippen molar-refractivity contribution in [1.82, 2.24) is 9.88 Å². The predicted molar refractivity (Wildman–Crippen MR) is 88.3 cm³/mol. The lowest BCUT2D eigenvalue weighted by molar-refractivity contribution is -0.0333. The number of rotatable bonds is 3. The van der Waals surface area contributed by atoms with Crippen molar-refractivity contribution in [3.8, 4) is 11.5 Å². The maximum Gasteiger partial charge on any atom is 0.165 e. The van der Waals surface area contributed by atoms with Crippen molar-refractivity contribution >= 4 is 11.3 Å². The van der Waals surface area contributed by atoms with E-state index in [1.807, 2.05) is 19.1 Å². The van der Waals surface area contributed by atoms with Crippen molar-refractivity contribution in [1.29, 1.82) is 0 Å². The molecule has 0 aliphatic carbocycles. The number of hydrogen-bond donors (Lipinski definition) is 0. The van der Waals surface area contributed by atoms with Crippen LogP contribution in [-0.2, 0) is 11.3 Å². The largest absolute Gasteiger partial charge is 0.486 e. The van der Waals surface area contributed by atoms with E-state index in [0.717, 1.165) is 48.4 Å². The van der Waals surface area contributed by atoms with E-state index in [2.05, 4.69) is 21.3 Å². The second kappa shape index (κ2) is 6.47. The lowest BCUT2D eigenvalue weighted by Gasteiger charge is -2.32. The van der Waals surface area contributed by atoms with Gasteiger partial charge in [0.25, 0.3) is 0 Å². The van der Waals surface area contributed by atoms with Gasteiger partial charge in [-0.15, -0.1) is 11.3 Å². The van der Waals surface area contributed by atoms with Gasteiger partial charge in [-0.1, -0.05) is 12.1 Å². The summed E-state index contributed by atoms with van der Waals surface area (Å²) >= 11 is 1.68. The molecule has 0 amide bonds. The quantitative estimate of drug-likeness (QED) is 0.865. The van der Waals surface area contributed by atoms with Crippen LogP contribution in [0, 0.1) is 6.92 Å². The van der Waals surface area contributed by atoms with Crippen LogP contribution in [0.25, 0.3) is 0 Å². The van der Waals surface area contributed by atoms with Gasteiger partial charge in [-0.25, -0.2) is 4.98 Å². The first-order valence-electron chi connectivity index (χ1n) is 7.93. The fourth-order valence-corrected chi connectivity index (χ4v) is 3.85. The van der Waals surface area contributed by atoms with E-state index in [4.69, 9.17) is 14.2 Å². The van der Waals surface area contributed by atoms with Crippen molar-refractivity contribution in [2.24, 2.45) is 0 Å². The zero-order valence-corrected chi connectivity index (χ0v) is 14.0. The Labute approximate surface area is 139 Å². The Bertz CT molecular complexity index is 688. The van der Waals surface area contributed by atoms with Gasteiger partial charge in [-0.3, -0.25) is 4.90 Å². The number of thiazole rings is 1. The number of hydrogen-bond acceptors (Lipinski definition) is 6. The van der Waals surface area contributed by atoms with E-state index in [-0.39, 0.29) is 6.10 Å². The highest BCUT2D eigenvalue weighted by Crippen LogP contribution is 2.35. The topological polar surface area (TPSA) is 43.8 Å². The molecule has 0 saturated carbocycles. The summed E-state index contributed by atoms with van der Waals surface area (Å²) in [6.07, 6.45) is 0.0687. The standard InChI is InChI=1S/C17H20N2O3S/c1-12-11-23-17(18-12)15-10-19(5-6-20-15)9-13-3-2-4-14-16(13)22-8-7-21-14/h2-4,11,15H,5-10H2,1H3/t15-/m0/s1. The molecule has 4 rings (SSSR count). The van der Waals surface area contributed by atoms with Crippen LogP contribution < -0.4 is 9.47 Å². The molecule has 0 bridgehead atoms. The smallest absolute Gasteiger partial charge is 0.165 e. The van der Waals surface area contributed by atoms with Crippen LogP contribution in [0.15, 0.2) is 23.6 Å². The molecular weight excluding hydrogens is 312 g/mol. The van der Waals surface area contributed by atoms with E-state index >= 15 is 0 Å². The molecule has 1 atom stereocenters. The van der Waals surface area contributed by atoms with Gasteiger partial charge < -0.3 is 14.2 Å². The van der Waals surface area contributed by atoms with Crippen LogP contribution in [-0.4, -0.2) is 42.8 Å². The molecule has 1 aromatic carbocycles. The summed E-state index contributed by atoms with van der Waals surface area (Å²) in [5.74, 6) is 1.75. The highest BCUT2D eigenvalue weighted by molar-refractivity contribution is 7.09. The molecule has 0 radical (unpaired) electrons. The first-order chi connectivity index (χ1) is 11.3. The number of para-hydroxylation sites is 1. The van der Waals surface area contributed by atoms with Gasteiger partial charge in [0, 0.05) is 36.3 Å². The van der Waals surface area contributed by atoms with Gasteiger partial charge in [0.2, 0.25) is 0 Å². The molecule has 3 heterocycles. The van der Waals surface area contributed by atoms with Crippen LogP contribution in [0.3, 0.4) is 0 Å². The van der Waals surface area contributed by atoms with E-state index in [0.29, 0.717) is 13.2 Å². The Kier molecular flexibility index (Phi) is 4.20. The Morgan fingerprint density at radius 1 is 1.26 bits per heavy atom. The summed E-state index contributed by atoms with van der Waals surface area (Å²) in [5, 5.41) is 3.15. The molecule has 0 N–H and O–H groups in total. The average Bonchev–Trinajstić information content (AvgIpc) is 3.02. The maximum atomic E-state index is 5.91. The first kappa shape index (κ1) is 14.9. The Morgan fingerprint density at radius 2 is 2.17 bits per heavy atom. The zero-order chi connectivity index (χ0) is 15.6. The first-order valence-corrected chi connectivity index (χ1v) is 8.81. The fraction of sp³-hybridized carbons (Fsp3) is 0.471. The second-order valence-electron chi connectivity index (χ2n) is 5.86. The molecule has 1 fully saturated rings. The third-order valence-electron chi connectivity index (χ3n) is 4.10. The van der Waals surface area contributed by atoms with E-state index in [1.165, 1.54) is 5.56 Å². The molecule has 1 saturated heterocycles. The van der Waals surface area contributed by atoms with Gasteiger partial charge in [0.1, 0.15) is 24.3 Å². The normalized spacial score (nSPS) is 21.3. The molecule has 0 unspecified atom stereocenters. The van der Waals surface area contributed by atoms with Crippen molar-refractivity contribution in [2.75, 3.05) is 32.9 Å². The number of morpholine rings is 1. The summed E-state index contributed by atoms with van der Waals surface area (Å²) < 4.78 is 17.4. The van der Waals surface area contributed by atoms with Gasteiger partial charge in [-0.05, 0) is 13.0 Å². The Balaban J connectivity index is 1.48. The summed E-state index contributed by atoms with van der Waals surface area (Å²) in [4.78, 5) is 6.97. The van der Waals surface area contributed by atoms with Gasteiger partial charge in [0.05, 0.1) is 6.61 Å². The number of benzene rings is 1. The molecule has 2 aliphatic heterocycles. The second-order valence-corrected chi connectivity index (χ2v) is 6.75. The summed E-state index contributed by atoms with van der Waals surface area (Å²) in [6, 6.07) is 6.12. The molecule has 23 heavy (non-hydrogen) atoms. The number of aromatic nitrogens is 1. The Hall–Kier alpha value is -1.63. The summed E-state index contributed by atoms with van der Waals surface area (Å²) in [6.45, 7) is 6.62. The number of fused-ring (bicyclic) bond motifs is 1. The number of aryl methyl sites for hydroxylation is 1. The van der Waals surface area contributed by atoms with E-state index < -0.39 is 0 Å². The van der Waals surface area contributed by atoms with Gasteiger partial charge >= 0.3 is 0 Å². The van der Waals surface area contributed by atoms with Crippen molar-refractivity contribution in [2.45, 2.75) is 19.6 Å². The molecule has 0 spiro atoms. The summed E-state index contributed by atoms with van der Waals surface area (Å²) in [5.41, 5.74) is 2.24. The van der Waals surface area contributed by atoms with Crippen molar-refractivity contribution in [3.05, 3.63) is 39.8 Å². The minimum Gasteiger partial charge on any atom is -0.486 e. The zero-order valence-electron chi connectivity index (χ0n) is 13.2. The third kappa shape index (κ3) is 3.20. The van der Waals surface area contributed by atoms with Crippen molar-refractivity contribution in [3.63, 3.8) is 0 Å². The van der Waals surface area contributed by atoms with Crippen LogP contribution in [0.1, 0.15) is 22.4 Å². The predicted octanol–water partition coefficient (Wildman–Crippen LogP) is 2.80. The molecule has 122 valence electrons. The van der Waals surface area contributed by atoms with Gasteiger partial charge in [-0.2, -0.15) is 0 Å². The third-order valence-corrected chi connectivity index (χ3v) is 5.16. The number of ether oxygens (including phenoxy) is 3. The van der Waals surface area contributed by atoms with Crippen LogP contribution in [0.2, 0.25) is 0 Å². The maximum absolute atomic E-state index is 5.91. The fourth-order valence-electron chi connectivity index (χ4n) is 3.02. The lowest BCUT2D eigenvalue weighted by Crippen LogP contribution is -2.38. The monoisotopic (exact) mass is 332 g/mol. The Morgan fingerprint density at radius 3 is 3.04 bits per heavy atom. The van der Waals surface area contributed by atoms with Crippen LogP contribution >= 0.6 is 11.3 Å². The molecular formula is C17H20N2O3S. The molecule has 6 heteroatoms. The minimum atomic E-state index is 0.0687. The minimum absolute atomic E-state index is 0.0687. The lowest BCUT2D eigenvalue weighted by atomic mass is 10.1.